The number of nitrogens with zero attached hydrogens (tertiary/aromatic N) is 1. The molecular formula is C20H22N2O4S. The number of rotatable bonds is 9. The lowest BCUT2D eigenvalue weighted by Crippen LogP contribution is -2.29. The number of sulfonamides is 1. The molecule has 2 aromatic rings. The number of benzene rings is 2. The van der Waals surface area contributed by atoms with Crippen molar-refractivity contribution in [3.8, 4) is 5.75 Å². The number of hydrogen-bond acceptors (Lipinski definition) is 4. The quantitative estimate of drug-likeness (QED) is 0.670. The Kier molecular flexibility index (Phi) is 6.79. The van der Waals surface area contributed by atoms with Crippen LogP contribution in [0, 0.1) is 0 Å². The first-order chi connectivity index (χ1) is 12.8. The van der Waals surface area contributed by atoms with Crippen LogP contribution in [0.5, 0.6) is 5.75 Å². The minimum absolute atomic E-state index is 0.155. The second-order valence-electron chi connectivity index (χ2n) is 5.71. The van der Waals surface area contributed by atoms with Gasteiger partial charge in [-0.2, -0.15) is 0 Å². The first-order valence-corrected chi connectivity index (χ1v) is 10.0. The topological polar surface area (TPSA) is 75.7 Å². The highest BCUT2D eigenvalue weighted by Gasteiger charge is 2.16. The summed E-state index contributed by atoms with van der Waals surface area (Å²) in [5, 5.41) is 2.79. The maximum Gasteiger partial charge on any atom is 0.255 e. The highest BCUT2D eigenvalue weighted by atomic mass is 32.2. The molecule has 27 heavy (non-hydrogen) atoms. The van der Waals surface area contributed by atoms with Gasteiger partial charge in [-0.1, -0.05) is 24.8 Å². The Balaban J connectivity index is 2.13. The number of carbonyl (C=O) groups is 1. The number of ether oxygens (including phenoxy) is 1. The van der Waals surface area contributed by atoms with Gasteiger partial charge in [0, 0.05) is 17.3 Å². The fourth-order valence-electron chi connectivity index (χ4n) is 2.35. The van der Waals surface area contributed by atoms with Crippen LogP contribution in [0.4, 0.5) is 11.4 Å². The van der Waals surface area contributed by atoms with Gasteiger partial charge in [0.25, 0.3) is 5.91 Å². The molecule has 1 N–H and O–H groups in total. The fourth-order valence-corrected chi connectivity index (χ4v) is 3.23. The largest absolute Gasteiger partial charge is 0.489 e. The Hall–Kier alpha value is -3.06. The van der Waals surface area contributed by atoms with E-state index in [-0.39, 0.29) is 12.5 Å². The molecule has 2 aromatic carbocycles. The smallest absolute Gasteiger partial charge is 0.255 e. The molecule has 142 valence electrons. The van der Waals surface area contributed by atoms with Gasteiger partial charge >= 0.3 is 0 Å². The third-order valence-electron chi connectivity index (χ3n) is 3.57. The standard InChI is InChI=1S/C20H22N2O4S/c1-4-13-22(27(3,24)25)18-11-9-16(10-12-18)20(23)21-17-7-6-8-19(15-17)26-14-5-2/h4-12,15H,1-2,13-14H2,3H3,(H,21,23). The van der Waals surface area contributed by atoms with Crippen molar-refractivity contribution in [1.29, 1.82) is 0 Å². The van der Waals surface area contributed by atoms with Crippen LogP contribution in [0.25, 0.3) is 0 Å². The van der Waals surface area contributed by atoms with Gasteiger partial charge in [-0.25, -0.2) is 8.42 Å². The lowest BCUT2D eigenvalue weighted by molar-refractivity contribution is 0.102. The van der Waals surface area contributed by atoms with Gasteiger partial charge < -0.3 is 10.1 Å². The van der Waals surface area contributed by atoms with Crippen molar-refractivity contribution in [3.05, 3.63) is 79.4 Å². The van der Waals surface area contributed by atoms with E-state index < -0.39 is 10.0 Å². The molecule has 0 saturated heterocycles. The van der Waals surface area contributed by atoms with Crippen molar-refractivity contribution < 1.29 is 17.9 Å². The zero-order valence-electron chi connectivity index (χ0n) is 15.1. The molecule has 1 amide bonds. The van der Waals surface area contributed by atoms with Crippen molar-refractivity contribution in [3.63, 3.8) is 0 Å². The van der Waals surface area contributed by atoms with Crippen molar-refractivity contribution in [2.24, 2.45) is 0 Å². The predicted octanol–water partition coefficient (Wildman–Crippen LogP) is 3.46. The van der Waals surface area contributed by atoms with E-state index in [1.807, 2.05) is 0 Å². The molecule has 7 heteroatoms. The minimum Gasteiger partial charge on any atom is -0.489 e. The van der Waals surface area contributed by atoms with Crippen molar-refractivity contribution >= 4 is 27.3 Å². The Morgan fingerprint density at radius 3 is 2.44 bits per heavy atom. The molecular weight excluding hydrogens is 364 g/mol. The number of hydrogen-bond donors (Lipinski definition) is 1. The summed E-state index contributed by atoms with van der Waals surface area (Å²) >= 11 is 0. The third kappa shape index (κ3) is 5.72. The summed E-state index contributed by atoms with van der Waals surface area (Å²) in [5.41, 5.74) is 1.46. The lowest BCUT2D eigenvalue weighted by Gasteiger charge is -2.20. The molecule has 6 nitrogen and oxygen atoms in total. The monoisotopic (exact) mass is 386 g/mol. The minimum atomic E-state index is -3.43. The number of amides is 1. The summed E-state index contributed by atoms with van der Waals surface area (Å²) in [6, 6.07) is 13.3. The molecule has 0 spiro atoms. The van der Waals surface area contributed by atoms with Gasteiger partial charge in [-0.3, -0.25) is 9.10 Å². The molecule has 0 aliphatic heterocycles. The Bertz CT molecular complexity index is 921. The van der Waals surface area contributed by atoms with E-state index in [4.69, 9.17) is 4.74 Å². The molecule has 0 heterocycles. The Labute approximate surface area is 159 Å². The molecule has 0 saturated carbocycles. The van der Waals surface area contributed by atoms with Crippen LogP contribution >= 0.6 is 0 Å². The summed E-state index contributed by atoms with van der Waals surface area (Å²) in [6.07, 6.45) is 4.26. The van der Waals surface area contributed by atoms with E-state index in [0.29, 0.717) is 29.3 Å². The van der Waals surface area contributed by atoms with Gasteiger partial charge in [0.15, 0.2) is 0 Å². The lowest BCUT2D eigenvalue weighted by atomic mass is 10.2. The average Bonchev–Trinajstić information content (AvgIpc) is 2.64. The van der Waals surface area contributed by atoms with Gasteiger partial charge in [-0.15, -0.1) is 6.58 Å². The van der Waals surface area contributed by atoms with E-state index in [2.05, 4.69) is 18.5 Å². The van der Waals surface area contributed by atoms with E-state index in [9.17, 15) is 13.2 Å². The molecule has 0 aromatic heterocycles. The summed E-state index contributed by atoms with van der Waals surface area (Å²) in [6.45, 7) is 7.69. The van der Waals surface area contributed by atoms with E-state index >= 15 is 0 Å². The maximum absolute atomic E-state index is 12.4. The zero-order chi connectivity index (χ0) is 19.9. The van der Waals surface area contributed by atoms with Crippen molar-refractivity contribution in [2.45, 2.75) is 0 Å². The van der Waals surface area contributed by atoms with Gasteiger partial charge in [0.1, 0.15) is 12.4 Å². The summed E-state index contributed by atoms with van der Waals surface area (Å²) in [7, 11) is -3.43. The van der Waals surface area contributed by atoms with Gasteiger partial charge in [0.2, 0.25) is 10.0 Å². The molecule has 0 fully saturated rings. The van der Waals surface area contributed by atoms with E-state index in [1.54, 1.807) is 54.6 Å². The molecule has 2 rings (SSSR count). The molecule has 0 aliphatic carbocycles. The summed E-state index contributed by atoms with van der Waals surface area (Å²) in [4.78, 5) is 12.4. The summed E-state index contributed by atoms with van der Waals surface area (Å²) < 4.78 is 30.4. The molecule has 0 unspecified atom stereocenters. The van der Waals surface area contributed by atoms with Crippen molar-refractivity contribution in [1.82, 2.24) is 0 Å². The SMILES string of the molecule is C=CCOc1cccc(NC(=O)c2ccc(N(CC=C)S(C)(=O)=O)cc2)c1. The normalized spacial score (nSPS) is 10.7. The maximum atomic E-state index is 12.4. The zero-order valence-corrected chi connectivity index (χ0v) is 15.9. The number of carbonyl (C=O) groups excluding carboxylic acids is 1. The third-order valence-corrected chi connectivity index (χ3v) is 4.73. The van der Waals surface area contributed by atoms with Crippen LogP contribution in [0.2, 0.25) is 0 Å². The van der Waals surface area contributed by atoms with E-state index in [0.717, 1.165) is 6.26 Å². The van der Waals surface area contributed by atoms with Crippen LogP contribution in [-0.4, -0.2) is 33.7 Å². The highest BCUT2D eigenvalue weighted by Crippen LogP contribution is 2.21. The first-order valence-electron chi connectivity index (χ1n) is 8.19. The summed E-state index contributed by atoms with van der Waals surface area (Å²) in [5.74, 6) is 0.313. The predicted molar refractivity (Wildman–Crippen MR) is 109 cm³/mol. The average molecular weight is 386 g/mol. The highest BCUT2D eigenvalue weighted by molar-refractivity contribution is 7.92. The van der Waals surface area contributed by atoms with Crippen LogP contribution in [-0.2, 0) is 10.0 Å². The molecule has 0 bridgehead atoms. The van der Waals surface area contributed by atoms with Gasteiger partial charge in [0.05, 0.1) is 18.5 Å². The first kappa shape index (κ1) is 20.3. The van der Waals surface area contributed by atoms with Gasteiger partial charge in [-0.05, 0) is 36.4 Å². The van der Waals surface area contributed by atoms with Crippen LogP contribution < -0.4 is 14.4 Å². The van der Waals surface area contributed by atoms with Crippen LogP contribution in [0.1, 0.15) is 10.4 Å². The van der Waals surface area contributed by atoms with Crippen molar-refractivity contribution in [2.75, 3.05) is 29.0 Å². The van der Waals surface area contributed by atoms with Crippen LogP contribution in [0.15, 0.2) is 73.8 Å². The molecule has 0 aliphatic rings. The Morgan fingerprint density at radius 2 is 1.85 bits per heavy atom. The fraction of sp³-hybridized carbons (Fsp3) is 0.150. The molecule has 0 radical (unpaired) electrons. The number of anilines is 2. The van der Waals surface area contributed by atoms with Crippen LogP contribution in [0.3, 0.4) is 0 Å². The number of nitrogens with one attached hydrogen (secondary N) is 1. The second-order valence-corrected chi connectivity index (χ2v) is 7.62. The molecule has 0 atom stereocenters. The second kappa shape index (κ2) is 9.05. The van der Waals surface area contributed by atoms with E-state index in [1.165, 1.54) is 10.4 Å². The Morgan fingerprint density at radius 1 is 1.15 bits per heavy atom.